The van der Waals surface area contributed by atoms with Crippen molar-refractivity contribution in [3.05, 3.63) is 34.1 Å². The molecular formula is C12H12ClN3S. The summed E-state index contributed by atoms with van der Waals surface area (Å²) < 4.78 is 1.85. The molecule has 0 N–H and O–H groups in total. The quantitative estimate of drug-likeness (QED) is 0.821. The first-order valence-electron chi connectivity index (χ1n) is 5.56. The number of aryl methyl sites for hydroxylation is 1. The summed E-state index contributed by atoms with van der Waals surface area (Å²) in [6.07, 6.45) is 2.43. The lowest BCUT2D eigenvalue weighted by Crippen LogP contribution is -2.12. The van der Waals surface area contributed by atoms with E-state index in [1.807, 2.05) is 36.0 Å². The molecule has 0 amide bonds. The maximum absolute atomic E-state index is 5.87. The lowest BCUT2D eigenvalue weighted by molar-refractivity contribution is 0.718. The zero-order valence-corrected chi connectivity index (χ0v) is 11.0. The van der Waals surface area contributed by atoms with Crippen molar-refractivity contribution in [3.63, 3.8) is 0 Å². The van der Waals surface area contributed by atoms with Crippen molar-refractivity contribution >= 4 is 22.9 Å². The summed E-state index contributed by atoms with van der Waals surface area (Å²) in [5.41, 5.74) is 1.09. The first-order valence-corrected chi connectivity index (χ1v) is 6.76. The van der Waals surface area contributed by atoms with E-state index in [9.17, 15) is 0 Å². The highest BCUT2D eigenvalue weighted by atomic mass is 35.5. The molecule has 17 heavy (non-hydrogen) atoms. The van der Waals surface area contributed by atoms with Crippen LogP contribution in [0.25, 0.3) is 10.6 Å². The molecule has 5 heteroatoms. The smallest absolute Gasteiger partial charge is 0.203 e. The van der Waals surface area contributed by atoms with Gasteiger partial charge < -0.3 is 0 Å². The van der Waals surface area contributed by atoms with Crippen LogP contribution in [-0.4, -0.2) is 15.8 Å². The van der Waals surface area contributed by atoms with Crippen LogP contribution in [0.4, 0.5) is 0 Å². The van der Waals surface area contributed by atoms with Gasteiger partial charge in [-0.05, 0) is 25.0 Å². The van der Waals surface area contributed by atoms with E-state index in [1.165, 1.54) is 12.8 Å². The van der Waals surface area contributed by atoms with Gasteiger partial charge in [0.2, 0.25) is 4.80 Å². The van der Waals surface area contributed by atoms with E-state index in [2.05, 4.69) is 10.1 Å². The second-order valence-electron chi connectivity index (χ2n) is 4.18. The third kappa shape index (κ3) is 2.42. The lowest BCUT2D eigenvalue weighted by atomic mass is 10.2. The van der Waals surface area contributed by atoms with Crippen molar-refractivity contribution < 1.29 is 0 Å². The van der Waals surface area contributed by atoms with Crippen LogP contribution < -0.4 is 4.80 Å². The number of halogens is 1. The largest absolute Gasteiger partial charge is 0.254 e. The molecule has 1 saturated carbocycles. The molecule has 2 aromatic rings. The van der Waals surface area contributed by atoms with Gasteiger partial charge in [-0.2, -0.15) is 5.10 Å². The first kappa shape index (κ1) is 11.0. The fraction of sp³-hybridized carbons (Fsp3) is 0.333. The zero-order chi connectivity index (χ0) is 11.8. The van der Waals surface area contributed by atoms with Crippen LogP contribution in [0.15, 0.2) is 29.3 Å². The molecule has 88 valence electrons. The van der Waals surface area contributed by atoms with Crippen LogP contribution in [0.2, 0.25) is 5.02 Å². The normalized spacial score (nSPS) is 16.5. The molecule has 0 radical (unpaired) electrons. The van der Waals surface area contributed by atoms with E-state index < -0.39 is 0 Å². The van der Waals surface area contributed by atoms with E-state index in [1.54, 1.807) is 11.3 Å². The molecule has 0 bridgehead atoms. The topological polar surface area (TPSA) is 30.2 Å². The molecule has 1 aliphatic carbocycles. The number of benzene rings is 1. The highest BCUT2D eigenvalue weighted by molar-refractivity contribution is 7.12. The van der Waals surface area contributed by atoms with Crippen LogP contribution in [0.1, 0.15) is 12.8 Å². The molecule has 0 aliphatic heterocycles. The summed E-state index contributed by atoms with van der Waals surface area (Å²) in [5.74, 6) is 0. The van der Waals surface area contributed by atoms with Gasteiger partial charge in [0.05, 0.1) is 6.04 Å². The van der Waals surface area contributed by atoms with Crippen LogP contribution in [0.5, 0.6) is 0 Å². The summed E-state index contributed by atoms with van der Waals surface area (Å²) in [7, 11) is 1.94. The number of nitrogens with zero attached hydrogens (tertiary/aromatic N) is 3. The van der Waals surface area contributed by atoms with E-state index in [0.717, 1.165) is 20.4 Å². The van der Waals surface area contributed by atoms with Crippen LogP contribution >= 0.6 is 22.9 Å². The number of hydrogen-bond donors (Lipinski definition) is 0. The highest BCUT2D eigenvalue weighted by Gasteiger charge is 2.20. The van der Waals surface area contributed by atoms with Gasteiger partial charge in [-0.25, -0.2) is 4.68 Å². The molecular weight excluding hydrogens is 254 g/mol. The Kier molecular flexibility index (Phi) is 2.76. The molecule has 1 heterocycles. The lowest BCUT2D eigenvalue weighted by Gasteiger charge is -1.94. The van der Waals surface area contributed by atoms with Crippen LogP contribution in [0.3, 0.4) is 0 Å². The predicted molar refractivity (Wildman–Crippen MR) is 70.1 cm³/mol. The number of aromatic nitrogens is 2. The summed E-state index contributed by atoms with van der Waals surface area (Å²) in [6, 6.07) is 8.27. The van der Waals surface area contributed by atoms with E-state index in [-0.39, 0.29) is 0 Å². The fourth-order valence-electron chi connectivity index (χ4n) is 1.53. The van der Waals surface area contributed by atoms with Gasteiger partial charge >= 0.3 is 0 Å². The molecule has 1 aliphatic rings. The Bertz CT molecular complexity index is 593. The van der Waals surface area contributed by atoms with Crippen LogP contribution in [-0.2, 0) is 7.05 Å². The second kappa shape index (κ2) is 4.27. The molecule has 1 fully saturated rings. The maximum Gasteiger partial charge on any atom is 0.203 e. The van der Waals surface area contributed by atoms with Gasteiger partial charge in [-0.1, -0.05) is 35.1 Å². The van der Waals surface area contributed by atoms with Crippen molar-refractivity contribution in [2.24, 2.45) is 12.0 Å². The highest BCUT2D eigenvalue weighted by Crippen LogP contribution is 2.24. The molecule has 1 aromatic heterocycles. The minimum absolute atomic E-state index is 0.528. The van der Waals surface area contributed by atoms with Gasteiger partial charge in [0.25, 0.3) is 0 Å². The average Bonchev–Trinajstić information content (AvgIpc) is 3.05. The van der Waals surface area contributed by atoms with E-state index in [0.29, 0.717) is 6.04 Å². The third-order valence-corrected chi connectivity index (χ3v) is 3.95. The summed E-state index contributed by atoms with van der Waals surface area (Å²) in [4.78, 5) is 5.62. The Morgan fingerprint density at radius 2 is 2.06 bits per heavy atom. The zero-order valence-electron chi connectivity index (χ0n) is 9.43. The molecule has 0 saturated heterocycles. The number of hydrogen-bond acceptors (Lipinski definition) is 3. The molecule has 0 unspecified atom stereocenters. The molecule has 0 spiro atoms. The summed E-state index contributed by atoms with van der Waals surface area (Å²) in [6.45, 7) is 0. The summed E-state index contributed by atoms with van der Waals surface area (Å²) >= 11 is 7.50. The fourth-order valence-corrected chi connectivity index (χ4v) is 2.62. The van der Waals surface area contributed by atoms with Crippen LogP contribution in [0, 0.1) is 0 Å². The molecule has 1 aromatic carbocycles. The Balaban J connectivity index is 2.01. The monoisotopic (exact) mass is 265 g/mol. The number of rotatable bonds is 2. The van der Waals surface area contributed by atoms with Crippen molar-refractivity contribution in [1.82, 2.24) is 9.78 Å². The summed E-state index contributed by atoms with van der Waals surface area (Å²) in [5, 5.41) is 6.23. The molecule has 3 nitrogen and oxygen atoms in total. The first-order chi connectivity index (χ1) is 8.22. The Hall–Kier alpha value is -1.13. The van der Waals surface area contributed by atoms with Gasteiger partial charge in [0.1, 0.15) is 5.01 Å². The molecule has 3 rings (SSSR count). The van der Waals surface area contributed by atoms with Gasteiger partial charge in [0.15, 0.2) is 0 Å². The Morgan fingerprint density at radius 1 is 1.35 bits per heavy atom. The van der Waals surface area contributed by atoms with Crippen molar-refractivity contribution in [1.29, 1.82) is 0 Å². The van der Waals surface area contributed by atoms with E-state index >= 15 is 0 Å². The van der Waals surface area contributed by atoms with Gasteiger partial charge in [-0.15, -0.1) is 0 Å². The van der Waals surface area contributed by atoms with Gasteiger partial charge in [-0.3, -0.25) is 4.99 Å². The maximum atomic E-state index is 5.87. The minimum atomic E-state index is 0.528. The second-order valence-corrected chi connectivity index (χ2v) is 5.57. The third-order valence-electron chi connectivity index (χ3n) is 2.64. The van der Waals surface area contributed by atoms with Gasteiger partial charge in [0, 0.05) is 17.6 Å². The SMILES string of the molecule is Cn1nc(-c2ccc(Cl)cc2)sc1=NC1CC1. The van der Waals surface area contributed by atoms with Crippen molar-refractivity contribution in [2.45, 2.75) is 18.9 Å². The average molecular weight is 266 g/mol. The van der Waals surface area contributed by atoms with Crippen molar-refractivity contribution in [2.75, 3.05) is 0 Å². The Labute approximate surface area is 108 Å². The van der Waals surface area contributed by atoms with Crippen molar-refractivity contribution in [3.8, 4) is 10.6 Å². The minimum Gasteiger partial charge on any atom is -0.254 e. The standard InChI is InChI=1S/C12H12ClN3S/c1-16-12(14-10-6-7-10)17-11(15-16)8-2-4-9(13)5-3-8/h2-5,10H,6-7H2,1H3. The van der Waals surface area contributed by atoms with E-state index in [4.69, 9.17) is 11.6 Å². The predicted octanol–water partition coefficient (Wildman–Crippen LogP) is 2.87. The molecule has 0 atom stereocenters. The Morgan fingerprint density at radius 3 is 2.71 bits per heavy atom.